The maximum absolute atomic E-state index is 11.5. The van der Waals surface area contributed by atoms with Gasteiger partial charge < -0.3 is 20.4 Å². The number of nitrogens with one attached hydrogen (secondary N) is 3. The van der Waals surface area contributed by atoms with Crippen LogP contribution in [0.1, 0.15) is 26.6 Å². The number of aromatic nitrogens is 2. The van der Waals surface area contributed by atoms with Gasteiger partial charge in [-0.1, -0.05) is 0 Å². The molecular formula is C15H22N4O2. The third-order valence-corrected chi connectivity index (χ3v) is 2.72. The summed E-state index contributed by atoms with van der Waals surface area (Å²) in [6, 6.07) is 5.93. The lowest BCUT2D eigenvalue weighted by Crippen LogP contribution is -2.34. The first-order chi connectivity index (χ1) is 9.83. The Morgan fingerprint density at radius 1 is 1.33 bits per heavy atom. The number of aromatic amines is 1. The monoisotopic (exact) mass is 290 g/mol. The van der Waals surface area contributed by atoms with E-state index in [1.54, 1.807) is 0 Å². The van der Waals surface area contributed by atoms with Crippen LogP contribution in [-0.4, -0.2) is 34.8 Å². The Labute approximate surface area is 124 Å². The maximum atomic E-state index is 11.5. The van der Waals surface area contributed by atoms with E-state index in [1.165, 1.54) is 0 Å². The molecule has 0 unspecified atom stereocenters. The molecule has 3 N–H and O–H groups in total. The molecule has 0 aliphatic carbocycles. The van der Waals surface area contributed by atoms with Crippen molar-refractivity contribution in [3.63, 3.8) is 0 Å². The van der Waals surface area contributed by atoms with Crippen molar-refractivity contribution < 1.29 is 9.53 Å². The molecule has 1 heterocycles. The quantitative estimate of drug-likeness (QED) is 0.757. The number of nitrogens with zero attached hydrogens (tertiary/aromatic N) is 1. The van der Waals surface area contributed by atoms with Crippen LogP contribution in [0.2, 0.25) is 0 Å². The summed E-state index contributed by atoms with van der Waals surface area (Å²) in [5.74, 6) is 0.897. The predicted molar refractivity (Wildman–Crippen MR) is 83.6 cm³/mol. The smallest absolute Gasteiger partial charge is 0.407 e. The molecule has 0 saturated carbocycles. The topological polar surface area (TPSA) is 79.0 Å². The first-order valence-corrected chi connectivity index (χ1v) is 7.00. The predicted octanol–water partition coefficient (Wildman–Crippen LogP) is 2.81. The fraction of sp³-hybridized carbons (Fsp3) is 0.467. The molecule has 6 heteroatoms. The lowest BCUT2D eigenvalue weighted by Gasteiger charge is -2.19. The number of amides is 1. The van der Waals surface area contributed by atoms with Crippen LogP contribution in [0.5, 0.6) is 0 Å². The Kier molecular flexibility index (Phi) is 4.35. The van der Waals surface area contributed by atoms with Crippen molar-refractivity contribution >= 4 is 22.8 Å². The molecule has 114 valence electrons. The van der Waals surface area contributed by atoms with Crippen molar-refractivity contribution in [3.8, 4) is 0 Å². The largest absolute Gasteiger partial charge is 0.444 e. The van der Waals surface area contributed by atoms with Crippen molar-refractivity contribution in [1.82, 2.24) is 15.3 Å². The van der Waals surface area contributed by atoms with E-state index in [1.807, 2.05) is 45.9 Å². The SMILES string of the molecule is Cc1nc2ccc(NCCNC(=O)OC(C)(C)C)cc2[nH]1. The highest BCUT2D eigenvalue weighted by molar-refractivity contribution is 5.79. The zero-order valence-electron chi connectivity index (χ0n) is 12.9. The number of fused-ring (bicyclic) bond motifs is 1. The van der Waals surface area contributed by atoms with E-state index in [4.69, 9.17) is 4.74 Å². The van der Waals surface area contributed by atoms with Gasteiger partial charge in [0.2, 0.25) is 0 Å². The third-order valence-electron chi connectivity index (χ3n) is 2.72. The van der Waals surface area contributed by atoms with Crippen LogP contribution in [0.15, 0.2) is 18.2 Å². The molecule has 0 spiro atoms. The van der Waals surface area contributed by atoms with Gasteiger partial charge in [0.25, 0.3) is 0 Å². The zero-order valence-corrected chi connectivity index (χ0v) is 12.9. The highest BCUT2D eigenvalue weighted by Crippen LogP contribution is 2.16. The molecule has 0 atom stereocenters. The number of rotatable bonds is 4. The number of H-pyrrole nitrogens is 1. The summed E-state index contributed by atoms with van der Waals surface area (Å²) in [6.45, 7) is 8.57. The van der Waals surface area contributed by atoms with Crippen LogP contribution >= 0.6 is 0 Å². The molecule has 1 aromatic carbocycles. The summed E-state index contributed by atoms with van der Waals surface area (Å²) < 4.78 is 5.16. The minimum atomic E-state index is -0.471. The molecule has 0 bridgehead atoms. The minimum absolute atomic E-state index is 0.399. The minimum Gasteiger partial charge on any atom is -0.444 e. The number of aryl methyl sites for hydroxylation is 1. The Morgan fingerprint density at radius 2 is 2.10 bits per heavy atom. The number of carbonyl (C=O) groups excluding carboxylic acids is 1. The molecule has 6 nitrogen and oxygen atoms in total. The summed E-state index contributed by atoms with van der Waals surface area (Å²) in [5.41, 5.74) is 2.46. The Morgan fingerprint density at radius 3 is 2.81 bits per heavy atom. The molecule has 0 saturated heterocycles. The van der Waals surface area contributed by atoms with Gasteiger partial charge >= 0.3 is 6.09 Å². The van der Waals surface area contributed by atoms with E-state index < -0.39 is 11.7 Å². The Hall–Kier alpha value is -2.24. The second-order valence-corrected chi connectivity index (χ2v) is 5.91. The second kappa shape index (κ2) is 6.03. The molecule has 2 rings (SSSR count). The number of alkyl carbamates (subject to hydrolysis) is 1. The zero-order chi connectivity index (χ0) is 15.5. The van der Waals surface area contributed by atoms with E-state index in [2.05, 4.69) is 20.6 Å². The van der Waals surface area contributed by atoms with Crippen LogP contribution in [-0.2, 0) is 4.74 Å². The molecule has 0 radical (unpaired) electrons. The fourth-order valence-corrected chi connectivity index (χ4v) is 1.93. The molecular weight excluding hydrogens is 268 g/mol. The molecule has 1 aromatic heterocycles. The van der Waals surface area contributed by atoms with Gasteiger partial charge in [-0.2, -0.15) is 0 Å². The molecule has 0 fully saturated rings. The van der Waals surface area contributed by atoms with E-state index in [0.29, 0.717) is 13.1 Å². The molecule has 0 aliphatic heterocycles. The summed E-state index contributed by atoms with van der Waals surface area (Å²) in [4.78, 5) is 19.0. The van der Waals surface area contributed by atoms with Crippen LogP contribution < -0.4 is 10.6 Å². The van der Waals surface area contributed by atoms with Crippen molar-refractivity contribution in [3.05, 3.63) is 24.0 Å². The van der Waals surface area contributed by atoms with Crippen molar-refractivity contribution in [1.29, 1.82) is 0 Å². The average Bonchev–Trinajstić information content (AvgIpc) is 2.71. The number of imidazole rings is 1. The van der Waals surface area contributed by atoms with Crippen molar-refractivity contribution in [2.75, 3.05) is 18.4 Å². The van der Waals surface area contributed by atoms with E-state index >= 15 is 0 Å². The number of hydrogen-bond donors (Lipinski definition) is 3. The lowest BCUT2D eigenvalue weighted by atomic mass is 10.2. The second-order valence-electron chi connectivity index (χ2n) is 5.91. The van der Waals surface area contributed by atoms with Gasteiger partial charge in [-0.15, -0.1) is 0 Å². The van der Waals surface area contributed by atoms with Crippen LogP contribution in [0.4, 0.5) is 10.5 Å². The highest BCUT2D eigenvalue weighted by Gasteiger charge is 2.15. The summed E-state index contributed by atoms with van der Waals surface area (Å²) in [5, 5.41) is 5.95. The summed E-state index contributed by atoms with van der Waals surface area (Å²) in [6.07, 6.45) is -0.399. The third kappa shape index (κ3) is 4.66. The number of benzene rings is 1. The number of carbonyl (C=O) groups is 1. The van der Waals surface area contributed by atoms with Crippen molar-refractivity contribution in [2.45, 2.75) is 33.3 Å². The Balaban J connectivity index is 1.78. The standard InChI is InChI=1S/C15H22N4O2/c1-10-18-12-6-5-11(9-13(12)19-10)16-7-8-17-14(20)21-15(2,3)4/h5-6,9,16H,7-8H2,1-4H3,(H,17,20)(H,18,19). The molecule has 2 aromatic rings. The van der Waals surface area contributed by atoms with E-state index in [-0.39, 0.29) is 0 Å². The van der Waals surface area contributed by atoms with E-state index in [9.17, 15) is 4.79 Å². The molecule has 21 heavy (non-hydrogen) atoms. The Bertz CT molecular complexity index is 628. The van der Waals surface area contributed by atoms with Crippen LogP contribution in [0.3, 0.4) is 0 Å². The van der Waals surface area contributed by atoms with Gasteiger partial charge in [0.15, 0.2) is 0 Å². The van der Waals surface area contributed by atoms with Crippen LogP contribution in [0.25, 0.3) is 11.0 Å². The number of ether oxygens (including phenoxy) is 1. The summed E-state index contributed by atoms with van der Waals surface area (Å²) >= 11 is 0. The lowest BCUT2D eigenvalue weighted by molar-refractivity contribution is 0.0530. The first kappa shape index (κ1) is 15.2. The molecule has 0 aliphatic rings. The fourth-order valence-electron chi connectivity index (χ4n) is 1.93. The van der Waals surface area contributed by atoms with Gasteiger partial charge in [0.05, 0.1) is 11.0 Å². The number of hydrogen-bond acceptors (Lipinski definition) is 4. The van der Waals surface area contributed by atoms with E-state index in [0.717, 1.165) is 22.5 Å². The maximum Gasteiger partial charge on any atom is 0.407 e. The van der Waals surface area contributed by atoms with Gasteiger partial charge in [-0.05, 0) is 45.9 Å². The van der Waals surface area contributed by atoms with Gasteiger partial charge in [-0.3, -0.25) is 0 Å². The van der Waals surface area contributed by atoms with Gasteiger partial charge in [0, 0.05) is 18.8 Å². The van der Waals surface area contributed by atoms with Crippen LogP contribution in [0, 0.1) is 6.92 Å². The first-order valence-electron chi connectivity index (χ1n) is 7.00. The number of anilines is 1. The van der Waals surface area contributed by atoms with Gasteiger partial charge in [0.1, 0.15) is 11.4 Å². The van der Waals surface area contributed by atoms with Crippen molar-refractivity contribution in [2.24, 2.45) is 0 Å². The van der Waals surface area contributed by atoms with Gasteiger partial charge in [-0.25, -0.2) is 9.78 Å². The molecule has 1 amide bonds. The average molecular weight is 290 g/mol. The normalized spacial score (nSPS) is 11.4. The highest BCUT2D eigenvalue weighted by atomic mass is 16.6. The summed E-state index contributed by atoms with van der Waals surface area (Å²) in [7, 11) is 0.